The lowest BCUT2D eigenvalue weighted by Gasteiger charge is -2.24. The molecule has 0 aliphatic heterocycles. The number of benzene rings is 1. The van der Waals surface area contributed by atoms with Gasteiger partial charge in [-0.3, -0.25) is 0 Å². The second-order valence-corrected chi connectivity index (χ2v) is 4.60. The number of nitrogens with one attached hydrogen (secondary N) is 1. The molecule has 96 valence electrons. The minimum absolute atomic E-state index is 0.0324. The molecule has 1 nitrogen and oxygen atoms in total. The predicted molar refractivity (Wildman–Crippen MR) is 67.3 cm³/mol. The fourth-order valence-corrected chi connectivity index (χ4v) is 2.18. The van der Waals surface area contributed by atoms with E-state index >= 15 is 0 Å². The highest BCUT2D eigenvalue weighted by molar-refractivity contribution is 5.28. The summed E-state index contributed by atoms with van der Waals surface area (Å²) < 4.78 is 27.3. The predicted octanol–water partition coefficient (Wildman–Crippen LogP) is 3.76. The summed E-state index contributed by atoms with van der Waals surface area (Å²) in [7, 11) is 1.86. The number of rotatable bonds is 5. The molecule has 2 unspecified atom stereocenters. The molecule has 1 aromatic rings. The highest BCUT2D eigenvalue weighted by atomic mass is 19.1. The molecule has 0 aliphatic rings. The van der Waals surface area contributed by atoms with E-state index in [4.69, 9.17) is 0 Å². The molecule has 17 heavy (non-hydrogen) atoms. The lowest BCUT2D eigenvalue weighted by atomic mass is 9.89. The number of aryl methyl sites for hydroxylation is 1. The first-order valence-electron chi connectivity index (χ1n) is 6.14. The molecule has 0 aromatic heterocycles. The van der Waals surface area contributed by atoms with Crippen LogP contribution in [0.1, 0.15) is 43.7 Å². The topological polar surface area (TPSA) is 12.0 Å². The Balaban J connectivity index is 3.02. The van der Waals surface area contributed by atoms with Gasteiger partial charge in [0.25, 0.3) is 0 Å². The quantitative estimate of drug-likeness (QED) is 0.827. The molecule has 0 bridgehead atoms. The molecule has 2 atom stereocenters. The maximum atomic E-state index is 13.8. The lowest BCUT2D eigenvalue weighted by molar-refractivity contribution is 0.435. The smallest absolute Gasteiger partial charge is 0.127 e. The highest BCUT2D eigenvalue weighted by Crippen LogP contribution is 2.26. The summed E-state index contributed by atoms with van der Waals surface area (Å²) in [6.45, 7) is 5.60. The van der Waals surface area contributed by atoms with E-state index in [1.165, 1.54) is 12.1 Å². The van der Waals surface area contributed by atoms with Gasteiger partial charge in [-0.05, 0) is 49.6 Å². The summed E-state index contributed by atoms with van der Waals surface area (Å²) in [6, 6.07) is 2.78. The summed E-state index contributed by atoms with van der Waals surface area (Å²) in [5.41, 5.74) is 0.816. The van der Waals surface area contributed by atoms with Crippen molar-refractivity contribution in [3.05, 3.63) is 34.9 Å². The zero-order valence-electron chi connectivity index (χ0n) is 11.0. The second-order valence-electron chi connectivity index (χ2n) is 4.60. The summed E-state index contributed by atoms with van der Waals surface area (Å²) in [5.74, 6) is -0.678. The second kappa shape index (κ2) is 6.10. The third-order valence-electron chi connectivity index (χ3n) is 3.34. The van der Waals surface area contributed by atoms with Crippen molar-refractivity contribution in [1.82, 2.24) is 5.32 Å². The largest absolute Gasteiger partial charge is 0.316 e. The van der Waals surface area contributed by atoms with E-state index in [2.05, 4.69) is 12.2 Å². The monoisotopic (exact) mass is 241 g/mol. The van der Waals surface area contributed by atoms with E-state index in [0.717, 1.165) is 12.8 Å². The maximum absolute atomic E-state index is 13.8. The first kappa shape index (κ1) is 14.1. The highest BCUT2D eigenvalue weighted by Gasteiger charge is 2.20. The fourth-order valence-electron chi connectivity index (χ4n) is 2.18. The van der Waals surface area contributed by atoms with E-state index in [-0.39, 0.29) is 23.6 Å². The van der Waals surface area contributed by atoms with Crippen LogP contribution in [0.3, 0.4) is 0 Å². The summed E-state index contributed by atoms with van der Waals surface area (Å²) in [4.78, 5) is 0. The van der Waals surface area contributed by atoms with Gasteiger partial charge in [0.05, 0.1) is 0 Å². The first-order chi connectivity index (χ1) is 8.01. The molecule has 3 heteroatoms. The number of hydrogen-bond donors (Lipinski definition) is 1. The van der Waals surface area contributed by atoms with Gasteiger partial charge in [-0.2, -0.15) is 0 Å². The van der Waals surface area contributed by atoms with Gasteiger partial charge < -0.3 is 5.32 Å². The average molecular weight is 241 g/mol. The third-order valence-corrected chi connectivity index (χ3v) is 3.34. The third kappa shape index (κ3) is 3.25. The van der Waals surface area contributed by atoms with Gasteiger partial charge in [0.2, 0.25) is 0 Å². The van der Waals surface area contributed by atoms with Crippen LogP contribution in [0.4, 0.5) is 8.78 Å². The van der Waals surface area contributed by atoms with Gasteiger partial charge in [0.15, 0.2) is 0 Å². The van der Waals surface area contributed by atoms with Gasteiger partial charge >= 0.3 is 0 Å². The van der Waals surface area contributed by atoms with Crippen LogP contribution in [0, 0.1) is 18.6 Å². The number of halogens is 2. The molecule has 0 saturated carbocycles. The van der Waals surface area contributed by atoms with Crippen LogP contribution < -0.4 is 5.32 Å². The van der Waals surface area contributed by atoms with Crippen LogP contribution in [-0.2, 0) is 0 Å². The Morgan fingerprint density at radius 1 is 1.24 bits per heavy atom. The summed E-state index contributed by atoms with van der Waals surface area (Å²) in [5, 5.41) is 3.17. The molecular formula is C14H21F2N. The molecule has 0 fully saturated rings. The molecule has 0 amide bonds. The van der Waals surface area contributed by atoms with E-state index in [0.29, 0.717) is 11.1 Å². The Kier molecular flexibility index (Phi) is 5.06. The van der Waals surface area contributed by atoms with Crippen LogP contribution in [0.2, 0.25) is 0 Å². The molecule has 0 radical (unpaired) electrons. The number of likely N-dealkylation sites (N-methyl/N-ethyl adjacent to an activating group) is 1. The van der Waals surface area contributed by atoms with Crippen molar-refractivity contribution in [2.75, 3.05) is 7.05 Å². The van der Waals surface area contributed by atoms with Gasteiger partial charge in [0, 0.05) is 6.04 Å². The lowest BCUT2D eigenvalue weighted by Crippen LogP contribution is -2.31. The maximum Gasteiger partial charge on any atom is 0.127 e. The Bertz CT molecular complexity index is 377. The number of hydrogen-bond acceptors (Lipinski definition) is 1. The van der Waals surface area contributed by atoms with Crippen molar-refractivity contribution in [1.29, 1.82) is 0 Å². The molecule has 0 heterocycles. The minimum Gasteiger partial charge on any atom is -0.316 e. The fraction of sp³-hybridized carbons (Fsp3) is 0.571. The van der Waals surface area contributed by atoms with Crippen molar-refractivity contribution >= 4 is 0 Å². The molecule has 1 rings (SSSR count). The Hall–Kier alpha value is -0.960. The van der Waals surface area contributed by atoms with Crippen molar-refractivity contribution in [3.63, 3.8) is 0 Å². The Labute approximate surface area is 102 Å². The Morgan fingerprint density at radius 2 is 1.88 bits per heavy atom. The van der Waals surface area contributed by atoms with E-state index < -0.39 is 0 Å². The Morgan fingerprint density at radius 3 is 2.41 bits per heavy atom. The van der Waals surface area contributed by atoms with Crippen LogP contribution in [-0.4, -0.2) is 13.1 Å². The van der Waals surface area contributed by atoms with Gasteiger partial charge in [0.1, 0.15) is 11.6 Å². The minimum atomic E-state index is -0.334. The molecule has 0 saturated heterocycles. The standard InChI is InChI=1S/C14H21F2N/c1-5-6-14(17-4)10(3)11-8-12(15)9(2)7-13(11)16/h7-8,10,14,17H,5-6H2,1-4H3. The molecule has 0 spiro atoms. The van der Waals surface area contributed by atoms with Gasteiger partial charge in [-0.15, -0.1) is 0 Å². The summed E-state index contributed by atoms with van der Waals surface area (Å²) in [6.07, 6.45) is 1.97. The SMILES string of the molecule is CCCC(NC)C(C)c1cc(F)c(C)cc1F. The zero-order chi connectivity index (χ0) is 13.0. The van der Waals surface area contributed by atoms with Crippen LogP contribution in [0.25, 0.3) is 0 Å². The van der Waals surface area contributed by atoms with Gasteiger partial charge in [-0.25, -0.2) is 8.78 Å². The van der Waals surface area contributed by atoms with Crippen molar-refractivity contribution < 1.29 is 8.78 Å². The first-order valence-corrected chi connectivity index (χ1v) is 6.14. The van der Waals surface area contributed by atoms with E-state index in [1.54, 1.807) is 6.92 Å². The molecular weight excluding hydrogens is 220 g/mol. The van der Waals surface area contributed by atoms with Crippen molar-refractivity contribution in [3.8, 4) is 0 Å². The molecule has 1 aromatic carbocycles. The van der Waals surface area contributed by atoms with E-state index in [9.17, 15) is 8.78 Å². The zero-order valence-corrected chi connectivity index (χ0v) is 11.0. The van der Waals surface area contributed by atoms with Crippen molar-refractivity contribution in [2.45, 2.75) is 45.6 Å². The van der Waals surface area contributed by atoms with E-state index in [1.807, 2.05) is 14.0 Å². The normalized spacial score (nSPS) is 14.7. The summed E-state index contributed by atoms with van der Waals surface area (Å²) >= 11 is 0. The molecule has 1 N–H and O–H groups in total. The van der Waals surface area contributed by atoms with Crippen LogP contribution >= 0.6 is 0 Å². The average Bonchev–Trinajstić information content (AvgIpc) is 2.30. The van der Waals surface area contributed by atoms with Crippen LogP contribution in [0.15, 0.2) is 12.1 Å². The van der Waals surface area contributed by atoms with Crippen LogP contribution in [0.5, 0.6) is 0 Å². The van der Waals surface area contributed by atoms with Gasteiger partial charge in [-0.1, -0.05) is 20.3 Å². The molecule has 0 aliphatic carbocycles. The van der Waals surface area contributed by atoms with Crippen molar-refractivity contribution in [2.24, 2.45) is 0 Å².